The Morgan fingerprint density at radius 1 is 0.500 bits per heavy atom. The fourth-order valence-corrected chi connectivity index (χ4v) is 4.97. The number of hydrogen-bond donors (Lipinski definition) is 4. The van der Waals surface area contributed by atoms with Gasteiger partial charge >= 0.3 is 0 Å². The first kappa shape index (κ1) is 28.7. The van der Waals surface area contributed by atoms with E-state index in [1.807, 2.05) is 72.8 Å². The van der Waals surface area contributed by atoms with E-state index in [0.717, 1.165) is 11.1 Å². The van der Waals surface area contributed by atoms with E-state index in [1.165, 1.54) is 0 Å². The van der Waals surface area contributed by atoms with Gasteiger partial charge in [0.15, 0.2) is 0 Å². The van der Waals surface area contributed by atoms with Crippen molar-refractivity contribution in [2.45, 2.75) is 50.0 Å². The molecular formula is C34H36N2O4. The summed E-state index contributed by atoms with van der Waals surface area (Å²) >= 11 is 0. The highest BCUT2D eigenvalue weighted by molar-refractivity contribution is 5.76. The summed E-state index contributed by atoms with van der Waals surface area (Å²) in [7, 11) is 0. The number of aliphatic hydroxyl groups is 2. The van der Waals surface area contributed by atoms with Crippen molar-refractivity contribution in [2.75, 3.05) is 0 Å². The summed E-state index contributed by atoms with van der Waals surface area (Å²) in [5, 5.41) is 30.5. The maximum Gasteiger partial charge on any atom is 0.220 e. The lowest BCUT2D eigenvalue weighted by atomic mass is 9.68. The van der Waals surface area contributed by atoms with Crippen LogP contribution in [-0.2, 0) is 33.9 Å². The van der Waals surface area contributed by atoms with E-state index in [0.29, 0.717) is 24.2 Å². The van der Waals surface area contributed by atoms with Crippen molar-refractivity contribution < 1.29 is 19.8 Å². The molecule has 0 aromatic heterocycles. The first-order valence-corrected chi connectivity index (χ1v) is 13.6. The van der Waals surface area contributed by atoms with Crippen LogP contribution in [0.3, 0.4) is 0 Å². The highest BCUT2D eigenvalue weighted by atomic mass is 16.4. The molecule has 0 aliphatic heterocycles. The minimum absolute atomic E-state index is 0.0203. The molecule has 6 heteroatoms. The molecule has 0 heterocycles. The summed E-state index contributed by atoms with van der Waals surface area (Å²) in [4.78, 5) is 25.8. The molecule has 6 nitrogen and oxygen atoms in total. The standard InChI is InChI=1S/C34H36N2O4/c37-31(35-25-27-13-5-1-6-14-27)21-23-33(39,29-17-9-3-10-18-29)34(40,30-19-11-4-12-20-30)24-22-32(38)36-26-28-15-7-2-8-16-28/h1-20,39-40H,21-26H2,(H,35,37)(H,36,38)/t33-,34-/m0/s1. The van der Waals surface area contributed by atoms with Crippen LogP contribution in [0.4, 0.5) is 0 Å². The molecule has 0 saturated heterocycles. The average molecular weight is 537 g/mol. The number of rotatable bonds is 13. The monoisotopic (exact) mass is 536 g/mol. The second kappa shape index (κ2) is 13.7. The maximum absolute atomic E-state index is 12.9. The van der Waals surface area contributed by atoms with Gasteiger partial charge in [-0.25, -0.2) is 0 Å². The van der Waals surface area contributed by atoms with Gasteiger partial charge in [0.2, 0.25) is 11.8 Å². The molecule has 206 valence electrons. The zero-order chi connectivity index (χ0) is 28.3. The van der Waals surface area contributed by atoms with Gasteiger partial charge in [0.25, 0.3) is 0 Å². The molecule has 40 heavy (non-hydrogen) atoms. The molecule has 0 aliphatic carbocycles. The molecule has 4 aromatic carbocycles. The lowest BCUT2D eigenvalue weighted by Crippen LogP contribution is -2.50. The lowest BCUT2D eigenvalue weighted by Gasteiger charge is -2.44. The second-order valence-electron chi connectivity index (χ2n) is 9.98. The van der Waals surface area contributed by atoms with Crippen molar-refractivity contribution in [2.24, 2.45) is 0 Å². The van der Waals surface area contributed by atoms with Crippen LogP contribution in [0.25, 0.3) is 0 Å². The van der Waals surface area contributed by atoms with Gasteiger partial charge in [-0.2, -0.15) is 0 Å². The average Bonchev–Trinajstić information content (AvgIpc) is 3.02. The summed E-state index contributed by atoms with van der Waals surface area (Å²) in [5.41, 5.74) is -0.810. The van der Waals surface area contributed by atoms with Gasteiger partial charge in [-0.15, -0.1) is 0 Å². The Morgan fingerprint density at radius 3 is 1.12 bits per heavy atom. The smallest absolute Gasteiger partial charge is 0.220 e. The third kappa shape index (κ3) is 7.23. The zero-order valence-corrected chi connectivity index (χ0v) is 22.5. The van der Waals surface area contributed by atoms with E-state index in [1.54, 1.807) is 48.5 Å². The number of nitrogens with one attached hydrogen (secondary N) is 2. The molecule has 0 bridgehead atoms. The first-order valence-electron chi connectivity index (χ1n) is 13.6. The fourth-order valence-electron chi connectivity index (χ4n) is 4.97. The number of carbonyl (C=O) groups is 2. The molecule has 0 radical (unpaired) electrons. The molecule has 4 aromatic rings. The number of amides is 2. The van der Waals surface area contributed by atoms with Gasteiger partial charge in [0.1, 0.15) is 11.2 Å². The highest BCUT2D eigenvalue weighted by Gasteiger charge is 2.51. The molecule has 2 atom stereocenters. The Morgan fingerprint density at radius 2 is 0.800 bits per heavy atom. The molecule has 0 saturated carbocycles. The van der Waals surface area contributed by atoms with E-state index >= 15 is 0 Å². The van der Waals surface area contributed by atoms with Crippen LogP contribution in [-0.4, -0.2) is 22.0 Å². The second-order valence-corrected chi connectivity index (χ2v) is 9.98. The van der Waals surface area contributed by atoms with Crippen LogP contribution in [0, 0.1) is 0 Å². The summed E-state index contributed by atoms with van der Waals surface area (Å²) < 4.78 is 0. The molecule has 4 N–H and O–H groups in total. The number of carbonyl (C=O) groups excluding carboxylic acids is 2. The van der Waals surface area contributed by atoms with Gasteiger partial charge in [-0.05, 0) is 35.1 Å². The SMILES string of the molecule is O=C(CC[C@](O)(c1ccccc1)[C@](O)(CCC(=O)NCc1ccccc1)c1ccccc1)NCc1ccccc1. The van der Waals surface area contributed by atoms with Crippen molar-refractivity contribution >= 4 is 11.8 Å². The van der Waals surface area contributed by atoms with Gasteiger partial charge < -0.3 is 20.8 Å². The minimum atomic E-state index is -1.85. The van der Waals surface area contributed by atoms with Gasteiger partial charge in [-0.1, -0.05) is 121 Å². The van der Waals surface area contributed by atoms with Crippen molar-refractivity contribution in [3.63, 3.8) is 0 Å². The summed E-state index contributed by atoms with van der Waals surface area (Å²) in [6.45, 7) is 0.738. The van der Waals surface area contributed by atoms with Crippen LogP contribution in [0.15, 0.2) is 121 Å². The quantitative estimate of drug-likeness (QED) is 0.194. The summed E-state index contributed by atoms with van der Waals surface area (Å²) in [6.07, 6.45) is -0.134. The van der Waals surface area contributed by atoms with Crippen molar-refractivity contribution in [3.05, 3.63) is 144 Å². The molecule has 4 rings (SSSR count). The van der Waals surface area contributed by atoms with Crippen LogP contribution in [0.2, 0.25) is 0 Å². The largest absolute Gasteiger partial charge is 0.382 e. The van der Waals surface area contributed by atoms with E-state index in [9.17, 15) is 19.8 Å². The van der Waals surface area contributed by atoms with Crippen LogP contribution in [0.1, 0.15) is 47.9 Å². The maximum atomic E-state index is 12.9. The highest BCUT2D eigenvalue weighted by Crippen LogP contribution is 2.46. The molecular weight excluding hydrogens is 500 g/mol. The van der Waals surface area contributed by atoms with E-state index in [4.69, 9.17) is 0 Å². The minimum Gasteiger partial charge on any atom is -0.382 e. The van der Waals surface area contributed by atoms with Crippen molar-refractivity contribution in [1.82, 2.24) is 10.6 Å². The van der Waals surface area contributed by atoms with Gasteiger partial charge in [0, 0.05) is 25.9 Å². The van der Waals surface area contributed by atoms with Crippen molar-refractivity contribution in [1.29, 1.82) is 0 Å². The molecule has 0 aliphatic rings. The number of benzene rings is 4. The van der Waals surface area contributed by atoms with Crippen molar-refractivity contribution in [3.8, 4) is 0 Å². The molecule has 0 unspecified atom stereocenters. The topological polar surface area (TPSA) is 98.7 Å². The molecule has 0 fully saturated rings. The zero-order valence-electron chi connectivity index (χ0n) is 22.5. The van der Waals surface area contributed by atoms with Crippen LogP contribution in [0.5, 0.6) is 0 Å². The van der Waals surface area contributed by atoms with E-state index < -0.39 is 11.2 Å². The van der Waals surface area contributed by atoms with Crippen LogP contribution >= 0.6 is 0 Å². The number of hydrogen-bond acceptors (Lipinski definition) is 4. The predicted molar refractivity (Wildman–Crippen MR) is 156 cm³/mol. The Balaban J connectivity index is 1.55. The third-order valence-corrected chi connectivity index (χ3v) is 7.28. The van der Waals surface area contributed by atoms with Crippen LogP contribution < -0.4 is 10.6 Å². The molecule has 2 amide bonds. The van der Waals surface area contributed by atoms with E-state index in [-0.39, 0.29) is 37.5 Å². The van der Waals surface area contributed by atoms with Gasteiger partial charge in [-0.3, -0.25) is 9.59 Å². The van der Waals surface area contributed by atoms with Gasteiger partial charge in [0.05, 0.1) is 0 Å². The Bertz CT molecular complexity index is 1240. The fraction of sp³-hybridized carbons (Fsp3) is 0.235. The Kier molecular flexibility index (Phi) is 9.84. The Labute approximate surface area is 235 Å². The molecule has 0 spiro atoms. The normalized spacial score (nSPS) is 13.9. The Hall–Kier alpha value is -4.26. The third-order valence-electron chi connectivity index (χ3n) is 7.28. The lowest BCUT2D eigenvalue weighted by molar-refractivity contribution is -0.177. The first-order chi connectivity index (χ1) is 19.4. The van der Waals surface area contributed by atoms with E-state index in [2.05, 4.69) is 10.6 Å². The predicted octanol–water partition coefficient (Wildman–Crippen LogP) is 4.96. The summed E-state index contributed by atoms with van der Waals surface area (Å²) in [5.74, 6) is -0.483. The summed E-state index contributed by atoms with van der Waals surface area (Å²) in [6, 6.07) is 36.9.